The lowest BCUT2D eigenvalue weighted by molar-refractivity contribution is 0.260. The molecule has 1 unspecified atom stereocenters. The molecule has 0 aromatic heterocycles. The van der Waals surface area contributed by atoms with Gasteiger partial charge < -0.3 is 10.0 Å². The molecule has 2 aliphatic rings. The molecule has 3 rings (SSSR count). The summed E-state index contributed by atoms with van der Waals surface area (Å²) in [7, 11) is 0. The zero-order chi connectivity index (χ0) is 11.7. The molecular formula is C15H21NO. The van der Waals surface area contributed by atoms with Crippen LogP contribution in [0.1, 0.15) is 30.4 Å². The highest BCUT2D eigenvalue weighted by atomic mass is 16.3. The van der Waals surface area contributed by atoms with Crippen molar-refractivity contribution in [1.29, 1.82) is 0 Å². The molecule has 0 spiro atoms. The van der Waals surface area contributed by atoms with Gasteiger partial charge in [0.15, 0.2) is 0 Å². The van der Waals surface area contributed by atoms with Crippen LogP contribution in [0.25, 0.3) is 0 Å². The van der Waals surface area contributed by atoms with Crippen molar-refractivity contribution in [2.75, 3.05) is 19.6 Å². The fourth-order valence-electron chi connectivity index (χ4n) is 3.33. The number of benzene rings is 1. The van der Waals surface area contributed by atoms with Crippen LogP contribution in [0.5, 0.6) is 5.75 Å². The number of likely N-dealkylation sites (tertiary alicyclic amines) is 1. The molecule has 0 bridgehead atoms. The number of rotatable bonds is 2. The van der Waals surface area contributed by atoms with Gasteiger partial charge in [-0.25, -0.2) is 0 Å². The maximum absolute atomic E-state index is 9.92. The van der Waals surface area contributed by atoms with Gasteiger partial charge in [0, 0.05) is 6.54 Å². The Labute approximate surface area is 103 Å². The van der Waals surface area contributed by atoms with Crippen LogP contribution in [0.3, 0.4) is 0 Å². The summed E-state index contributed by atoms with van der Waals surface area (Å²) in [4.78, 5) is 2.59. The fraction of sp³-hybridized carbons (Fsp3) is 0.600. The summed E-state index contributed by atoms with van der Waals surface area (Å²) in [6.45, 7) is 3.79. The topological polar surface area (TPSA) is 23.5 Å². The Bertz CT molecular complexity index is 396. The van der Waals surface area contributed by atoms with E-state index in [4.69, 9.17) is 0 Å². The van der Waals surface area contributed by atoms with E-state index >= 15 is 0 Å². The third kappa shape index (κ3) is 2.32. The monoisotopic (exact) mass is 231 g/mol. The highest BCUT2D eigenvalue weighted by Gasteiger charge is 2.23. The Balaban J connectivity index is 1.69. The van der Waals surface area contributed by atoms with Gasteiger partial charge in [-0.1, -0.05) is 12.1 Å². The van der Waals surface area contributed by atoms with E-state index in [1.54, 1.807) is 0 Å². The maximum Gasteiger partial charge on any atom is 0.119 e. The third-order valence-electron chi connectivity index (χ3n) is 4.28. The summed E-state index contributed by atoms with van der Waals surface area (Å²) in [6.07, 6.45) is 6.23. The lowest BCUT2D eigenvalue weighted by Crippen LogP contribution is -2.30. The van der Waals surface area contributed by atoms with Crippen molar-refractivity contribution in [2.24, 2.45) is 5.92 Å². The SMILES string of the molecule is Oc1cccc2c1CC(CN1CCCC1)CC2. The van der Waals surface area contributed by atoms with E-state index in [2.05, 4.69) is 11.0 Å². The third-order valence-corrected chi connectivity index (χ3v) is 4.28. The number of aryl methyl sites for hydroxylation is 1. The standard InChI is InChI=1S/C15H21NO/c17-15-5-3-4-13-7-6-12(10-14(13)15)11-16-8-1-2-9-16/h3-5,12,17H,1-2,6-11H2. The molecule has 1 aromatic carbocycles. The number of phenolic OH excluding ortho intramolecular Hbond substituents is 1. The first-order valence-corrected chi connectivity index (χ1v) is 6.85. The van der Waals surface area contributed by atoms with Crippen LogP contribution in [0.2, 0.25) is 0 Å². The first-order chi connectivity index (χ1) is 8.33. The van der Waals surface area contributed by atoms with E-state index in [1.807, 2.05) is 12.1 Å². The predicted molar refractivity (Wildman–Crippen MR) is 69.3 cm³/mol. The van der Waals surface area contributed by atoms with Crippen LogP contribution in [0.15, 0.2) is 18.2 Å². The molecule has 92 valence electrons. The number of nitrogens with zero attached hydrogens (tertiary/aromatic N) is 1. The van der Waals surface area contributed by atoms with Gasteiger partial charge in [-0.3, -0.25) is 0 Å². The molecule has 1 fully saturated rings. The molecule has 0 amide bonds. The molecule has 2 nitrogen and oxygen atoms in total. The van der Waals surface area contributed by atoms with E-state index in [1.165, 1.54) is 50.0 Å². The van der Waals surface area contributed by atoms with Gasteiger partial charge in [0.2, 0.25) is 0 Å². The van der Waals surface area contributed by atoms with Crippen molar-refractivity contribution in [3.8, 4) is 5.75 Å². The largest absolute Gasteiger partial charge is 0.508 e. The number of aromatic hydroxyl groups is 1. The Morgan fingerprint density at radius 2 is 2.06 bits per heavy atom. The maximum atomic E-state index is 9.92. The fourth-order valence-corrected chi connectivity index (χ4v) is 3.33. The van der Waals surface area contributed by atoms with Crippen LogP contribution in [0.4, 0.5) is 0 Å². The highest BCUT2D eigenvalue weighted by molar-refractivity contribution is 5.41. The van der Waals surface area contributed by atoms with E-state index in [-0.39, 0.29) is 0 Å². The second-order valence-electron chi connectivity index (χ2n) is 5.53. The van der Waals surface area contributed by atoms with Crippen LogP contribution in [0, 0.1) is 5.92 Å². The Kier molecular flexibility index (Phi) is 3.06. The van der Waals surface area contributed by atoms with Crippen molar-refractivity contribution >= 4 is 0 Å². The summed E-state index contributed by atoms with van der Waals surface area (Å²) in [5, 5.41) is 9.92. The Morgan fingerprint density at radius 3 is 2.88 bits per heavy atom. The molecule has 1 atom stereocenters. The molecule has 0 radical (unpaired) electrons. The predicted octanol–water partition coefficient (Wildman–Crippen LogP) is 2.59. The lowest BCUT2D eigenvalue weighted by Gasteiger charge is -2.28. The van der Waals surface area contributed by atoms with E-state index < -0.39 is 0 Å². The molecular weight excluding hydrogens is 210 g/mol. The van der Waals surface area contributed by atoms with Crippen LogP contribution >= 0.6 is 0 Å². The van der Waals surface area contributed by atoms with Crippen molar-refractivity contribution in [3.63, 3.8) is 0 Å². The first-order valence-electron chi connectivity index (χ1n) is 6.85. The number of hydrogen-bond donors (Lipinski definition) is 1. The molecule has 1 N–H and O–H groups in total. The molecule has 17 heavy (non-hydrogen) atoms. The highest BCUT2D eigenvalue weighted by Crippen LogP contribution is 2.32. The molecule has 2 heteroatoms. The van der Waals surface area contributed by atoms with Gasteiger partial charge in [-0.05, 0) is 68.3 Å². The van der Waals surface area contributed by atoms with Crippen molar-refractivity contribution in [2.45, 2.75) is 32.1 Å². The van der Waals surface area contributed by atoms with Gasteiger partial charge in [-0.2, -0.15) is 0 Å². The number of hydrogen-bond acceptors (Lipinski definition) is 2. The Morgan fingerprint density at radius 1 is 1.24 bits per heavy atom. The number of phenols is 1. The van der Waals surface area contributed by atoms with Crippen molar-refractivity contribution < 1.29 is 5.11 Å². The van der Waals surface area contributed by atoms with Crippen LogP contribution in [-0.2, 0) is 12.8 Å². The minimum Gasteiger partial charge on any atom is -0.508 e. The van der Waals surface area contributed by atoms with Gasteiger partial charge in [0.25, 0.3) is 0 Å². The molecule has 1 heterocycles. The Hall–Kier alpha value is -1.02. The van der Waals surface area contributed by atoms with Crippen LogP contribution < -0.4 is 0 Å². The zero-order valence-corrected chi connectivity index (χ0v) is 10.4. The smallest absolute Gasteiger partial charge is 0.119 e. The van der Waals surface area contributed by atoms with Gasteiger partial charge in [-0.15, -0.1) is 0 Å². The average Bonchev–Trinajstić information content (AvgIpc) is 2.83. The normalized spacial score (nSPS) is 24.8. The molecule has 1 saturated heterocycles. The first kappa shape index (κ1) is 11.1. The minimum atomic E-state index is 0.508. The van der Waals surface area contributed by atoms with Gasteiger partial charge in [0.1, 0.15) is 5.75 Å². The molecule has 1 aliphatic carbocycles. The summed E-state index contributed by atoms with van der Waals surface area (Å²) >= 11 is 0. The zero-order valence-electron chi connectivity index (χ0n) is 10.4. The van der Waals surface area contributed by atoms with E-state index in [9.17, 15) is 5.11 Å². The van der Waals surface area contributed by atoms with Crippen molar-refractivity contribution in [1.82, 2.24) is 4.90 Å². The van der Waals surface area contributed by atoms with Crippen LogP contribution in [-0.4, -0.2) is 29.6 Å². The minimum absolute atomic E-state index is 0.508. The molecule has 1 aliphatic heterocycles. The summed E-state index contributed by atoms with van der Waals surface area (Å²) in [6, 6.07) is 5.97. The van der Waals surface area contributed by atoms with E-state index in [0.717, 1.165) is 18.8 Å². The second-order valence-corrected chi connectivity index (χ2v) is 5.53. The summed E-state index contributed by atoms with van der Waals surface area (Å²) in [5.41, 5.74) is 2.57. The van der Waals surface area contributed by atoms with E-state index in [0.29, 0.717) is 5.75 Å². The lowest BCUT2D eigenvalue weighted by atomic mass is 9.83. The second kappa shape index (κ2) is 4.69. The molecule has 0 saturated carbocycles. The quantitative estimate of drug-likeness (QED) is 0.845. The van der Waals surface area contributed by atoms with Gasteiger partial charge >= 0.3 is 0 Å². The summed E-state index contributed by atoms with van der Waals surface area (Å²) < 4.78 is 0. The number of fused-ring (bicyclic) bond motifs is 1. The molecule has 1 aromatic rings. The van der Waals surface area contributed by atoms with Gasteiger partial charge in [0.05, 0.1) is 0 Å². The average molecular weight is 231 g/mol. The van der Waals surface area contributed by atoms with Crippen molar-refractivity contribution in [3.05, 3.63) is 29.3 Å². The summed E-state index contributed by atoms with van der Waals surface area (Å²) in [5.74, 6) is 1.25.